The fourth-order valence-corrected chi connectivity index (χ4v) is 5.33. The predicted molar refractivity (Wildman–Crippen MR) is 138 cm³/mol. The molecule has 5 rings (SSSR count). The lowest BCUT2D eigenvalue weighted by Gasteiger charge is -2.31. The zero-order valence-corrected chi connectivity index (χ0v) is 20.8. The maximum atomic E-state index is 5.85. The Labute approximate surface area is 208 Å². The maximum absolute atomic E-state index is 5.85. The summed E-state index contributed by atoms with van der Waals surface area (Å²) in [4.78, 5) is 9.50. The van der Waals surface area contributed by atoms with E-state index in [2.05, 4.69) is 89.3 Å². The van der Waals surface area contributed by atoms with Gasteiger partial charge in [-0.25, -0.2) is 0 Å². The first kappa shape index (κ1) is 22.5. The van der Waals surface area contributed by atoms with Crippen LogP contribution in [0.25, 0.3) is 5.69 Å². The predicted octanol–water partition coefficient (Wildman–Crippen LogP) is 4.33. The van der Waals surface area contributed by atoms with Crippen molar-refractivity contribution in [2.24, 2.45) is 0 Å². The lowest BCUT2D eigenvalue weighted by atomic mass is 10.0. The number of thiocarbonyl (C=S) groups is 1. The Morgan fingerprint density at radius 3 is 2.61 bits per heavy atom. The van der Waals surface area contributed by atoms with Gasteiger partial charge in [0.2, 0.25) is 0 Å². The molecule has 1 aromatic carbocycles. The van der Waals surface area contributed by atoms with Crippen molar-refractivity contribution < 1.29 is 4.74 Å². The van der Waals surface area contributed by atoms with Gasteiger partial charge < -0.3 is 19.5 Å². The molecular weight excluding hydrogens is 498 g/mol. The van der Waals surface area contributed by atoms with Crippen LogP contribution in [0.2, 0.25) is 0 Å². The fraction of sp³-hybridized carbons (Fsp3) is 0.360. The van der Waals surface area contributed by atoms with Crippen molar-refractivity contribution in [1.82, 2.24) is 24.7 Å². The number of nitrogens with one attached hydrogen (secondary N) is 1. The van der Waals surface area contributed by atoms with E-state index in [4.69, 9.17) is 17.0 Å². The van der Waals surface area contributed by atoms with Crippen LogP contribution in [0.1, 0.15) is 29.9 Å². The van der Waals surface area contributed by atoms with E-state index in [0.717, 1.165) is 66.8 Å². The molecule has 2 saturated heterocycles. The van der Waals surface area contributed by atoms with Crippen LogP contribution in [-0.4, -0.2) is 63.9 Å². The van der Waals surface area contributed by atoms with E-state index in [9.17, 15) is 0 Å². The summed E-state index contributed by atoms with van der Waals surface area (Å²) in [5, 5.41) is 4.37. The van der Waals surface area contributed by atoms with Crippen molar-refractivity contribution in [2.45, 2.75) is 18.5 Å². The second-order valence-corrected chi connectivity index (χ2v) is 9.71. The molecule has 2 aliphatic heterocycles. The molecule has 4 heterocycles. The summed E-state index contributed by atoms with van der Waals surface area (Å²) in [6.07, 6.45) is 5.03. The SMILES string of the molecule is S=C1NC(c2ccccn2)C(c2cccn2-c2ccc(Br)cc2)N1CCCN1CCOCC1. The highest BCUT2D eigenvalue weighted by molar-refractivity contribution is 9.10. The minimum Gasteiger partial charge on any atom is -0.379 e. The van der Waals surface area contributed by atoms with Crippen LogP contribution in [0.3, 0.4) is 0 Å². The molecule has 33 heavy (non-hydrogen) atoms. The molecule has 0 amide bonds. The number of aromatic nitrogens is 2. The van der Waals surface area contributed by atoms with Crippen LogP contribution in [0.5, 0.6) is 0 Å². The number of hydrogen-bond acceptors (Lipinski definition) is 4. The number of nitrogens with zero attached hydrogens (tertiary/aromatic N) is 4. The highest BCUT2D eigenvalue weighted by Gasteiger charge is 2.41. The molecule has 2 unspecified atom stereocenters. The number of hydrogen-bond donors (Lipinski definition) is 1. The molecule has 0 aliphatic carbocycles. The monoisotopic (exact) mass is 525 g/mol. The smallest absolute Gasteiger partial charge is 0.170 e. The lowest BCUT2D eigenvalue weighted by Crippen LogP contribution is -2.39. The van der Waals surface area contributed by atoms with Crippen molar-refractivity contribution in [3.63, 3.8) is 0 Å². The Kier molecular flexibility index (Phi) is 7.06. The van der Waals surface area contributed by atoms with Gasteiger partial charge in [-0.3, -0.25) is 9.88 Å². The number of morpholine rings is 1. The van der Waals surface area contributed by atoms with Gasteiger partial charge in [0, 0.05) is 54.4 Å². The molecule has 172 valence electrons. The molecule has 2 atom stereocenters. The fourth-order valence-electron chi connectivity index (χ4n) is 4.73. The first-order chi connectivity index (χ1) is 16.2. The van der Waals surface area contributed by atoms with E-state index >= 15 is 0 Å². The van der Waals surface area contributed by atoms with Crippen LogP contribution in [0.4, 0.5) is 0 Å². The molecule has 2 aromatic heterocycles. The van der Waals surface area contributed by atoms with Gasteiger partial charge in [-0.1, -0.05) is 22.0 Å². The van der Waals surface area contributed by atoms with Crippen LogP contribution >= 0.6 is 28.1 Å². The van der Waals surface area contributed by atoms with Crippen LogP contribution in [0, 0.1) is 0 Å². The summed E-state index contributed by atoms with van der Waals surface area (Å²) in [5.74, 6) is 0. The van der Waals surface area contributed by atoms with Crippen molar-refractivity contribution >= 4 is 33.3 Å². The minimum absolute atomic E-state index is 0.00816. The Bertz CT molecular complexity index is 1070. The van der Waals surface area contributed by atoms with Gasteiger partial charge in [0.15, 0.2) is 5.11 Å². The summed E-state index contributed by atoms with van der Waals surface area (Å²) in [5.41, 5.74) is 3.33. The van der Waals surface area contributed by atoms with E-state index < -0.39 is 0 Å². The first-order valence-corrected chi connectivity index (χ1v) is 12.6. The molecule has 1 N–H and O–H groups in total. The molecule has 0 saturated carbocycles. The van der Waals surface area contributed by atoms with Crippen molar-refractivity contribution in [2.75, 3.05) is 39.4 Å². The topological polar surface area (TPSA) is 45.6 Å². The Balaban J connectivity index is 1.44. The van der Waals surface area contributed by atoms with Gasteiger partial charge >= 0.3 is 0 Å². The molecule has 2 fully saturated rings. The Morgan fingerprint density at radius 2 is 1.85 bits per heavy atom. The molecular formula is C25H28BrN5OS. The van der Waals surface area contributed by atoms with Gasteiger partial charge in [0.05, 0.1) is 31.0 Å². The first-order valence-electron chi connectivity index (χ1n) is 11.4. The Hall–Kier alpha value is -2.26. The van der Waals surface area contributed by atoms with E-state index in [1.54, 1.807) is 0 Å². The van der Waals surface area contributed by atoms with Crippen molar-refractivity contribution in [3.8, 4) is 5.69 Å². The second kappa shape index (κ2) is 10.3. The quantitative estimate of drug-likeness (QED) is 0.463. The molecule has 0 spiro atoms. The van der Waals surface area contributed by atoms with E-state index in [0.29, 0.717) is 0 Å². The maximum Gasteiger partial charge on any atom is 0.170 e. The molecule has 0 radical (unpaired) electrons. The molecule has 0 bridgehead atoms. The van der Waals surface area contributed by atoms with Crippen molar-refractivity contribution in [1.29, 1.82) is 0 Å². The van der Waals surface area contributed by atoms with E-state index in [-0.39, 0.29) is 12.1 Å². The summed E-state index contributed by atoms with van der Waals surface area (Å²) < 4.78 is 8.82. The average molecular weight is 527 g/mol. The summed E-state index contributed by atoms with van der Waals surface area (Å²) in [7, 11) is 0. The zero-order valence-electron chi connectivity index (χ0n) is 18.4. The summed E-state index contributed by atoms with van der Waals surface area (Å²) >= 11 is 9.40. The highest BCUT2D eigenvalue weighted by Crippen LogP contribution is 2.39. The number of pyridine rings is 1. The highest BCUT2D eigenvalue weighted by atomic mass is 79.9. The molecule has 3 aromatic rings. The van der Waals surface area contributed by atoms with Crippen molar-refractivity contribution in [3.05, 3.63) is 82.9 Å². The number of ether oxygens (including phenoxy) is 1. The van der Waals surface area contributed by atoms with Gasteiger partial charge in [0.25, 0.3) is 0 Å². The van der Waals surface area contributed by atoms with Gasteiger partial charge in [-0.2, -0.15) is 0 Å². The normalized spacial score (nSPS) is 21.4. The molecule has 6 nitrogen and oxygen atoms in total. The zero-order chi connectivity index (χ0) is 22.6. The van der Waals surface area contributed by atoms with E-state index in [1.807, 2.05) is 18.3 Å². The Morgan fingerprint density at radius 1 is 1.03 bits per heavy atom. The van der Waals surface area contributed by atoms with Gasteiger partial charge in [-0.15, -0.1) is 0 Å². The largest absolute Gasteiger partial charge is 0.379 e. The third-order valence-electron chi connectivity index (χ3n) is 6.36. The average Bonchev–Trinajstić information content (AvgIpc) is 3.45. The number of halogens is 1. The van der Waals surface area contributed by atoms with Gasteiger partial charge in [0.1, 0.15) is 0 Å². The molecule has 2 aliphatic rings. The lowest BCUT2D eigenvalue weighted by molar-refractivity contribution is 0.0365. The van der Waals surface area contributed by atoms with E-state index in [1.165, 1.54) is 5.69 Å². The molecule has 8 heteroatoms. The minimum atomic E-state index is -0.00816. The van der Waals surface area contributed by atoms with Gasteiger partial charge in [-0.05, 0) is 67.2 Å². The second-order valence-electron chi connectivity index (χ2n) is 8.41. The third kappa shape index (κ3) is 4.99. The third-order valence-corrected chi connectivity index (χ3v) is 7.24. The van der Waals surface area contributed by atoms with Crippen LogP contribution in [0.15, 0.2) is 71.5 Å². The summed E-state index contributed by atoms with van der Waals surface area (Å²) in [6, 6.07) is 18.8. The van der Waals surface area contributed by atoms with Crippen LogP contribution < -0.4 is 5.32 Å². The van der Waals surface area contributed by atoms with Crippen LogP contribution in [-0.2, 0) is 4.74 Å². The standard InChI is InChI=1S/C25H28BrN5OS/c26-19-7-9-20(10-8-19)30-13-3-6-22(30)24-23(21-5-1-2-11-27-21)28-25(33)31(24)14-4-12-29-15-17-32-18-16-29/h1-3,5-11,13,23-24H,4,12,14-18H2,(H,28,33). The number of benzene rings is 1. The summed E-state index contributed by atoms with van der Waals surface area (Å²) in [6.45, 7) is 5.62. The number of rotatable bonds is 7.